The Kier molecular flexibility index (Phi) is 6.63. The fourth-order valence-electron chi connectivity index (χ4n) is 4.86. The highest BCUT2D eigenvalue weighted by Gasteiger charge is 2.23. The molecule has 0 amide bonds. The summed E-state index contributed by atoms with van der Waals surface area (Å²) < 4.78 is 7.18. The van der Waals surface area contributed by atoms with E-state index in [1.807, 2.05) is 50.2 Å². The molecule has 4 nitrogen and oxygen atoms in total. The normalized spacial score (nSPS) is 16.1. The molecule has 1 N–H and O–H groups in total. The van der Waals surface area contributed by atoms with Crippen molar-refractivity contribution < 1.29 is 14.6 Å². The minimum atomic E-state index is -0.0605. The van der Waals surface area contributed by atoms with Gasteiger partial charge in [-0.25, -0.2) is 0 Å². The number of phenolic OH excluding ortho intramolecular Hbond substituents is 1. The van der Waals surface area contributed by atoms with E-state index in [-0.39, 0.29) is 11.5 Å². The van der Waals surface area contributed by atoms with Crippen molar-refractivity contribution in [3.63, 3.8) is 0 Å². The molecule has 5 heteroatoms. The molecular formula is C30H31NO3S. The van der Waals surface area contributed by atoms with E-state index in [2.05, 4.69) is 24.0 Å². The van der Waals surface area contributed by atoms with Crippen LogP contribution in [0.3, 0.4) is 0 Å². The number of ether oxygens (including phenoxy) is 1. The standard InChI is InChI=1S/C30H31NO3S/c1-19-4-10-25(21(3)16-19)28(33)30-29(26-11-7-23(32)17-27(26)35-30)34-24-8-5-22(6-9-24)13-15-31-14-12-20(2)18-31/h4-11,16-17,20,32H,12-15,18H2,1-3H3/t20-/m0/s1. The average Bonchev–Trinajstić information content (AvgIpc) is 3.41. The van der Waals surface area contributed by atoms with Crippen LogP contribution in [-0.2, 0) is 6.42 Å². The molecule has 2 heterocycles. The van der Waals surface area contributed by atoms with E-state index in [1.54, 1.807) is 12.1 Å². The van der Waals surface area contributed by atoms with Gasteiger partial charge in [-0.1, -0.05) is 42.8 Å². The molecule has 0 unspecified atom stereocenters. The second-order valence-corrected chi connectivity index (χ2v) is 10.8. The van der Waals surface area contributed by atoms with Crippen LogP contribution in [0.1, 0.15) is 45.3 Å². The zero-order valence-electron chi connectivity index (χ0n) is 20.5. The minimum absolute atomic E-state index is 0.0605. The van der Waals surface area contributed by atoms with Crippen LogP contribution in [0.4, 0.5) is 0 Å². The summed E-state index contributed by atoms with van der Waals surface area (Å²) in [6, 6.07) is 19.2. The van der Waals surface area contributed by atoms with E-state index >= 15 is 0 Å². The predicted molar refractivity (Wildman–Crippen MR) is 143 cm³/mol. The Morgan fingerprint density at radius 3 is 2.60 bits per heavy atom. The number of thiophene rings is 1. The molecule has 0 saturated carbocycles. The summed E-state index contributed by atoms with van der Waals surface area (Å²) in [4.78, 5) is 16.7. The van der Waals surface area contributed by atoms with E-state index in [4.69, 9.17) is 4.74 Å². The van der Waals surface area contributed by atoms with Crippen LogP contribution in [0.15, 0.2) is 60.7 Å². The molecule has 0 bridgehead atoms. The fourth-order valence-corrected chi connectivity index (χ4v) is 5.98. The number of nitrogens with zero attached hydrogens (tertiary/aromatic N) is 1. The van der Waals surface area contributed by atoms with Crippen LogP contribution in [0.5, 0.6) is 17.2 Å². The van der Waals surface area contributed by atoms with Crippen LogP contribution in [-0.4, -0.2) is 35.4 Å². The third-order valence-electron chi connectivity index (χ3n) is 6.83. The van der Waals surface area contributed by atoms with E-state index in [1.165, 1.54) is 36.4 Å². The highest BCUT2D eigenvalue weighted by molar-refractivity contribution is 7.21. The number of phenols is 1. The topological polar surface area (TPSA) is 49.8 Å². The first-order valence-electron chi connectivity index (χ1n) is 12.2. The number of fused-ring (bicyclic) bond motifs is 1. The van der Waals surface area contributed by atoms with E-state index in [0.29, 0.717) is 21.9 Å². The van der Waals surface area contributed by atoms with Gasteiger partial charge < -0.3 is 14.7 Å². The van der Waals surface area contributed by atoms with E-state index in [0.717, 1.165) is 40.1 Å². The summed E-state index contributed by atoms with van der Waals surface area (Å²) in [6.07, 6.45) is 2.31. The number of hydrogen-bond acceptors (Lipinski definition) is 5. The quantitative estimate of drug-likeness (QED) is 0.283. The third kappa shape index (κ3) is 5.12. The fraction of sp³-hybridized carbons (Fsp3) is 0.300. The number of hydrogen-bond donors (Lipinski definition) is 1. The first-order chi connectivity index (χ1) is 16.9. The second kappa shape index (κ2) is 9.84. The maximum Gasteiger partial charge on any atom is 0.207 e. The molecule has 1 fully saturated rings. The molecule has 180 valence electrons. The van der Waals surface area contributed by atoms with Crippen LogP contribution in [0, 0.1) is 19.8 Å². The lowest BCUT2D eigenvalue weighted by Crippen LogP contribution is -2.22. The highest BCUT2D eigenvalue weighted by atomic mass is 32.1. The summed E-state index contributed by atoms with van der Waals surface area (Å²) in [5.41, 5.74) is 4.01. The Hall–Kier alpha value is -3.15. The number of likely N-dealkylation sites (tertiary alicyclic amines) is 1. The lowest BCUT2D eigenvalue weighted by molar-refractivity contribution is 0.104. The molecule has 4 aromatic rings. The number of benzene rings is 3. The highest BCUT2D eigenvalue weighted by Crippen LogP contribution is 2.43. The van der Waals surface area contributed by atoms with Gasteiger partial charge in [0.25, 0.3) is 0 Å². The van der Waals surface area contributed by atoms with Crippen molar-refractivity contribution in [3.8, 4) is 17.2 Å². The van der Waals surface area contributed by atoms with Gasteiger partial charge in [-0.15, -0.1) is 11.3 Å². The van der Waals surface area contributed by atoms with Crippen molar-refractivity contribution >= 4 is 27.2 Å². The Morgan fingerprint density at radius 1 is 1.09 bits per heavy atom. The van der Waals surface area contributed by atoms with Gasteiger partial charge in [0.1, 0.15) is 16.4 Å². The Balaban J connectivity index is 1.41. The van der Waals surface area contributed by atoms with Gasteiger partial charge in [-0.05, 0) is 80.6 Å². The van der Waals surface area contributed by atoms with Crippen LogP contribution in [0.25, 0.3) is 10.1 Å². The number of rotatable bonds is 7. The first-order valence-corrected chi connectivity index (χ1v) is 13.1. The third-order valence-corrected chi connectivity index (χ3v) is 7.96. The minimum Gasteiger partial charge on any atom is -0.508 e. The van der Waals surface area contributed by atoms with Crippen LogP contribution < -0.4 is 4.74 Å². The molecule has 35 heavy (non-hydrogen) atoms. The molecule has 5 rings (SSSR count). The average molecular weight is 486 g/mol. The van der Waals surface area contributed by atoms with Gasteiger partial charge >= 0.3 is 0 Å². The largest absolute Gasteiger partial charge is 0.508 e. The summed E-state index contributed by atoms with van der Waals surface area (Å²) >= 11 is 1.36. The monoisotopic (exact) mass is 485 g/mol. The molecule has 1 atom stereocenters. The van der Waals surface area contributed by atoms with Gasteiger partial charge in [0.15, 0.2) is 5.75 Å². The Morgan fingerprint density at radius 2 is 1.89 bits per heavy atom. The lowest BCUT2D eigenvalue weighted by atomic mass is 10.0. The molecule has 1 aromatic heterocycles. The van der Waals surface area contributed by atoms with Crippen molar-refractivity contribution in [2.75, 3.05) is 19.6 Å². The molecule has 1 aliphatic heterocycles. The van der Waals surface area contributed by atoms with Crippen LogP contribution in [0.2, 0.25) is 0 Å². The molecule has 3 aromatic carbocycles. The van der Waals surface area contributed by atoms with Crippen LogP contribution >= 0.6 is 11.3 Å². The van der Waals surface area contributed by atoms with Gasteiger partial charge in [0.2, 0.25) is 5.78 Å². The van der Waals surface area contributed by atoms with Crippen molar-refractivity contribution in [1.82, 2.24) is 4.90 Å². The predicted octanol–water partition coefficient (Wildman–Crippen LogP) is 7.13. The Bertz CT molecular complexity index is 1370. The second-order valence-electron chi connectivity index (χ2n) is 9.78. The summed E-state index contributed by atoms with van der Waals surface area (Å²) in [5, 5.41) is 10.8. The van der Waals surface area contributed by atoms with Gasteiger partial charge in [0, 0.05) is 28.7 Å². The van der Waals surface area contributed by atoms with Gasteiger partial charge in [-0.3, -0.25) is 4.79 Å². The summed E-state index contributed by atoms with van der Waals surface area (Å²) in [7, 11) is 0. The van der Waals surface area contributed by atoms with Gasteiger partial charge in [-0.2, -0.15) is 0 Å². The molecule has 0 spiro atoms. The lowest BCUT2D eigenvalue weighted by Gasteiger charge is -2.15. The molecule has 0 aliphatic carbocycles. The van der Waals surface area contributed by atoms with Crippen molar-refractivity contribution in [3.05, 3.63) is 87.8 Å². The van der Waals surface area contributed by atoms with E-state index < -0.39 is 0 Å². The Labute approximate surface area is 210 Å². The zero-order chi connectivity index (χ0) is 24.5. The summed E-state index contributed by atoms with van der Waals surface area (Å²) in [6.45, 7) is 9.77. The SMILES string of the molecule is Cc1ccc(C(=O)c2sc3cc(O)ccc3c2Oc2ccc(CCN3CC[C@H](C)C3)cc2)c(C)c1. The van der Waals surface area contributed by atoms with E-state index in [9.17, 15) is 9.90 Å². The number of ketones is 1. The van der Waals surface area contributed by atoms with Crippen molar-refractivity contribution in [2.24, 2.45) is 5.92 Å². The molecule has 0 radical (unpaired) electrons. The first kappa shape index (κ1) is 23.6. The maximum absolute atomic E-state index is 13.6. The smallest absolute Gasteiger partial charge is 0.207 e. The molecule has 1 aliphatic rings. The van der Waals surface area contributed by atoms with Crippen molar-refractivity contribution in [1.29, 1.82) is 0 Å². The summed E-state index contributed by atoms with van der Waals surface area (Å²) in [5.74, 6) is 2.16. The van der Waals surface area contributed by atoms with Crippen molar-refractivity contribution in [2.45, 2.75) is 33.6 Å². The number of carbonyl (C=O) groups is 1. The number of carbonyl (C=O) groups excluding carboxylic acids is 1. The van der Waals surface area contributed by atoms with Gasteiger partial charge in [0.05, 0.1) is 0 Å². The number of aryl methyl sites for hydroxylation is 2. The molecular weight excluding hydrogens is 454 g/mol. The maximum atomic E-state index is 13.6. The zero-order valence-corrected chi connectivity index (χ0v) is 21.3. The molecule has 1 saturated heterocycles. The number of aromatic hydroxyl groups is 1.